The molecule has 0 heterocycles. The van der Waals surface area contributed by atoms with Crippen molar-refractivity contribution < 1.29 is 29.7 Å². The van der Waals surface area contributed by atoms with Crippen LogP contribution in [0.25, 0.3) is 0 Å². The van der Waals surface area contributed by atoms with Crippen molar-refractivity contribution in [2.45, 2.75) is 0 Å². The highest BCUT2D eigenvalue weighted by molar-refractivity contribution is 5.80. The molecule has 3 N–H and O–H groups in total. The van der Waals surface area contributed by atoms with Crippen molar-refractivity contribution in [1.82, 2.24) is 0 Å². The maximum absolute atomic E-state index is 10.9. The van der Waals surface area contributed by atoms with Gasteiger partial charge in [-0.3, -0.25) is 14.4 Å². The number of carbonyl (C=O) groups excluding carboxylic acids is 3. The summed E-state index contributed by atoms with van der Waals surface area (Å²) in [6, 6.07) is 18.7. The van der Waals surface area contributed by atoms with Crippen LogP contribution in [0, 0.1) is 35.5 Å². The second-order valence-corrected chi connectivity index (χ2v) is 8.22. The van der Waals surface area contributed by atoms with Gasteiger partial charge in [-0.2, -0.15) is 0 Å². The molecule has 0 aliphatic rings. The molecular formula is C33H18O6. The van der Waals surface area contributed by atoms with E-state index in [1.807, 2.05) is 0 Å². The first kappa shape index (κ1) is 26.0. The van der Waals surface area contributed by atoms with E-state index < -0.39 is 0 Å². The molecule has 186 valence electrons. The summed E-state index contributed by atoms with van der Waals surface area (Å²) < 4.78 is 0. The summed E-state index contributed by atoms with van der Waals surface area (Å²) in [4.78, 5) is 32.8. The lowest BCUT2D eigenvalue weighted by Crippen LogP contribution is -1.87. The Morgan fingerprint density at radius 1 is 0.385 bits per heavy atom. The molecule has 39 heavy (non-hydrogen) atoms. The van der Waals surface area contributed by atoms with E-state index in [0.29, 0.717) is 52.2 Å². The van der Waals surface area contributed by atoms with Crippen LogP contribution in [0.3, 0.4) is 0 Å². The minimum Gasteiger partial charge on any atom is -0.507 e. The Labute approximate surface area is 224 Å². The topological polar surface area (TPSA) is 112 Å². The maximum Gasteiger partial charge on any atom is 0.153 e. The molecule has 6 heteroatoms. The van der Waals surface area contributed by atoms with Gasteiger partial charge in [-0.25, -0.2) is 0 Å². The van der Waals surface area contributed by atoms with Crippen molar-refractivity contribution >= 4 is 18.9 Å². The molecule has 4 aromatic carbocycles. The monoisotopic (exact) mass is 510 g/mol. The van der Waals surface area contributed by atoms with Gasteiger partial charge in [0.05, 0.1) is 16.7 Å². The van der Waals surface area contributed by atoms with Crippen LogP contribution in [-0.4, -0.2) is 34.2 Å². The van der Waals surface area contributed by atoms with Gasteiger partial charge in [0.2, 0.25) is 0 Å². The number of carbonyl (C=O) groups is 3. The number of phenols is 3. The maximum atomic E-state index is 10.9. The molecule has 0 radical (unpaired) electrons. The molecule has 0 fully saturated rings. The Morgan fingerprint density at radius 2 is 0.641 bits per heavy atom. The van der Waals surface area contributed by atoms with Gasteiger partial charge in [-0.1, -0.05) is 35.5 Å². The van der Waals surface area contributed by atoms with Crippen LogP contribution >= 0.6 is 0 Å². The van der Waals surface area contributed by atoms with Gasteiger partial charge in [-0.15, -0.1) is 0 Å². The van der Waals surface area contributed by atoms with Crippen LogP contribution in [0.5, 0.6) is 17.2 Å². The zero-order valence-electron chi connectivity index (χ0n) is 20.2. The van der Waals surface area contributed by atoms with E-state index in [9.17, 15) is 29.7 Å². The van der Waals surface area contributed by atoms with E-state index in [-0.39, 0.29) is 33.9 Å². The summed E-state index contributed by atoms with van der Waals surface area (Å²) in [5.41, 5.74) is 3.70. The fourth-order valence-electron chi connectivity index (χ4n) is 3.44. The first-order valence-electron chi connectivity index (χ1n) is 11.4. The van der Waals surface area contributed by atoms with Crippen LogP contribution in [0.15, 0.2) is 72.8 Å². The second-order valence-electron chi connectivity index (χ2n) is 8.22. The number of hydrogen-bond acceptors (Lipinski definition) is 6. The predicted octanol–water partition coefficient (Wildman–Crippen LogP) is 4.44. The Balaban J connectivity index is 1.74. The third-order valence-corrected chi connectivity index (χ3v) is 5.46. The number of hydrogen-bond donors (Lipinski definition) is 3. The molecule has 4 aromatic rings. The SMILES string of the molecule is O=Cc1ccc(C#Cc2cc(C#Cc3ccc(C=O)c(O)c3)cc(C#Cc3ccc(C=O)c(O)c3)c2)cc1O. The van der Waals surface area contributed by atoms with Gasteiger partial charge >= 0.3 is 0 Å². The van der Waals surface area contributed by atoms with E-state index in [4.69, 9.17) is 0 Å². The molecule has 0 bridgehead atoms. The summed E-state index contributed by atoms with van der Waals surface area (Å²) >= 11 is 0. The highest BCUT2D eigenvalue weighted by atomic mass is 16.3. The lowest BCUT2D eigenvalue weighted by atomic mass is 10.0. The summed E-state index contributed by atoms with van der Waals surface area (Å²) in [6.07, 6.45) is 1.66. The number of rotatable bonds is 3. The van der Waals surface area contributed by atoms with Crippen LogP contribution in [-0.2, 0) is 0 Å². The Bertz CT molecular complexity index is 1590. The van der Waals surface area contributed by atoms with Gasteiger partial charge in [-0.05, 0) is 72.8 Å². The number of aldehydes is 3. The van der Waals surface area contributed by atoms with E-state index in [1.54, 1.807) is 36.4 Å². The summed E-state index contributed by atoms with van der Waals surface area (Å²) in [7, 11) is 0. The van der Waals surface area contributed by atoms with Gasteiger partial charge in [0, 0.05) is 33.4 Å². The van der Waals surface area contributed by atoms with Crippen molar-refractivity contribution in [3.8, 4) is 52.8 Å². The lowest BCUT2D eigenvalue weighted by molar-refractivity contribution is 0.111. The van der Waals surface area contributed by atoms with Crippen LogP contribution < -0.4 is 0 Å². The van der Waals surface area contributed by atoms with Gasteiger partial charge in [0.1, 0.15) is 17.2 Å². The van der Waals surface area contributed by atoms with Gasteiger partial charge in [0.25, 0.3) is 0 Å². The minimum absolute atomic E-state index is 0.162. The fraction of sp³-hybridized carbons (Fsp3) is 0. The molecular weight excluding hydrogens is 492 g/mol. The average Bonchev–Trinajstić information content (AvgIpc) is 2.94. The summed E-state index contributed by atoms with van der Waals surface area (Å²) in [6.45, 7) is 0. The molecule has 0 saturated heterocycles. The Hall–Kier alpha value is -6.03. The standard InChI is InChI=1S/C33H18O6/c34-19-28-10-7-22(16-31(28)37)1-4-25-13-26(5-2-23-8-11-29(20-35)32(38)17-23)15-27(14-25)6-3-24-9-12-30(21-36)33(39)18-24/h7-21,37-39H. The molecule has 0 amide bonds. The predicted molar refractivity (Wildman–Crippen MR) is 145 cm³/mol. The largest absolute Gasteiger partial charge is 0.507 e. The van der Waals surface area contributed by atoms with Crippen molar-refractivity contribution in [2.75, 3.05) is 0 Å². The van der Waals surface area contributed by atoms with Gasteiger partial charge < -0.3 is 15.3 Å². The Morgan fingerprint density at radius 3 is 0.872 bits per heavy atom. The minimum atomic E-state index is -0.171. The van der Waals surface area contributed by atoms with Crippen molar-refractivity contribution in [3.05, 3.63) is 123 Å². The molecule has 0 atom stereocenters. The zero-order valence-corrected chi connectivity index (χ0v) is 20.2. The third kappa shape index (κ3) is 6.60. The van der Waals surface area contributed by atoms with E-state index in [0.717, 1.165) is 0 Å². The van der Waals surface area contributed by atoms with Crippen molar-refractivity contribution in [1.29, 1.82) is 0 Å². The number of phenolic OH excluding ortho intramolecular Hbond substituents is 3. The quantitative estimate of drug-likeness (QED) is 0.278. The number of aromatic hydroxyl groups is 3. The fourth-order valence-corrected chi connectivity index (χ4v) is 3.44. The van der Waals surface area contributed by atoms with Crippen LogP contribution in [0.2, 0.25) is 0 Å². The molecule has 0 aliphatic carbocycles. The Kier molecular flexibility index (Phi) is 7.88. The molecule has 0 saturated carbocycles. The summed E-state index contributed by atoms with van der Waals surface area (Å²) in [5, 5.41) is 29.8. The molecule has 4 rings (SSSR count). The first-order valence-corrected chi connectivity index (χ1v) is 11.4. The molecule has 0 unspecified atom stereocenters. The van der Waals surface area contributed by atoms with Crippen LogP contribution in [0.1, 0.15) is 64.5 Å². The normalized spacial score (nSPS) is 9.54. The van der Waals surface area contributed by atoms with E-state index in [1.165, 1.54) is 36.4 Å². The highest BCUT2D eigenvalue weighted by Crippen LogP contribution is 2.19. The molecule has 0 aliphatic heterocycles. The molecule has 0 spiro atoms. The zero-order chi connectivity index (χ0) is 27.8. The molecule has 6 nitrogen and oxygen atoms in total. The second kappa shape index (κ2) is 11.8. The lowest BCUT2D eigenvalue weighted by Gasteiger charge is -2.00. The third-order valence-electron chi connectivity index (χ3n) is 5.46. The van der Waals surface area contributed by atoms with Crippen LogP contribution in [0.4, 0.5) is 0 Å². The van der Waals surface area contributed by atoms with Crippen molar-refractivity contribution in [2.24, 2.45) is 0 Å². The smallest absolute Gasteiger partial charge is 0.153 e. The first-order chi connectivity index (χ1) is 18.9. The van der Waals surface area contributed by atoms with E-state index >= 15 is 0 Å². The van der Waals surface area contributed by atoms with Crippen molar-refractivity contribution in [3.63, 3.8) is 0 Å². The molecule has 0 aromatic heterocycles. The average molecular weight is 511 g/mol. The van der Waals surface area contributed by atoms with Gasteiger partial charge in [0.15, 0.2) is 18.9 Å². The van der Waals surface area contributed by atoms with E-state index in [2.05, 4.69) is 35.5 Å². The number of benzene rings is 4. The summed E-state index contributed by atoms with van der Waals surface area (Å²) in [5.74, 6) is 17.3. The highest BCUT2D eigenvalue weighted by Gasteiger charge is 2.03.